The number of anilines is 2. The number of nitrogens with two attached hydrogens (primary N) is 1. The molecule has 0 atom stereocenters. The number of hydrogen-bond acceptors (Lipinski definition) is 4. The minimum absolute atomic E-state index is 0.275. The van der Waals surface area contributed by atoms with E-state index in [9.17, 15) is 4.79 Å². The van der Waals surface area contributed by atoms with Gasteiger partial charge in [0.1, 0.15) is 0 Å². The van der Waals surface area contributed by atoms with E-state index in [0.29, 0.717) is 22.8 Å². The number of nitrogens with zero attached hydrogens (tertiary/aromatic N) is 1. The molecule has 0 radical (unpaired) electrons. The second kappa shape index (κ2) is 4.06. The van der Waals surface area contributed by atoms with Gasteiger partial charge in [0.15, 0.2) is 0 Å². The van der Waals surface area contributed by atoms with Gasteiger partial charge < -0.3 is 10.3 Å². The molecule has 16 heavy (non-hydrogen) atoms. The molecule has 1 heterocycles. The average Bonchev–Trinajstić information content (AvgIpc) is 2.64. The fraction of sp³-hybridized carbons (Fsp3) is 0.0909. The molecule has 2 aromatic rings. The van der Waals surface area contributed by atoms with Crippen LogP contribution in [-0.4, -0.2) is 11.1 Å². The van der Waals surface area contributed by atoms with Gasteiger partial charge in [-0.25, -0.2) is 0 Å². The lowest BCUT2D eigenvalue weighted by Crippen LogP contribution is -2.11. The standard InChI is InChI=1S/C11H11N3O2/c1-7-5-10(16-14-7)13-11(15)8-3-2-4-9(12)6-8/h2-6H,12H2,1H3,(H,13,15). The van der Waals surface area contributed by atoms with Gasteiger partial charge in [0.2, 0.25) is 5.88 Å². The smallest absolute Gasteiger partial charge is 0.258 e. The van der Waals surface area contributed by atoms with Crippen LogP contribution in [0.4, 0.5) is 11.6 Å². The quantitative estimate of drug-likeness (QED) is 0.752. The Bertz CT molecular complexity index is 519. The average molecular weight is 217 g/mol. The van der Waals surface area contributed by atoms with Crippen LogP contribution in [0.25, 0.3) is 0 Å². The first-order valence-electron chi connectivity index (χ1n) is 4.75. The van der Waals surface area contributed by atoms with E-state index in [1.165, 1.54) is 0 Å². The van der Waals surface area contributed by atoms with Crippen LogP contribution in [0.5, 0.6) is 0 Å². The molecule has 0 unspecified atom stereocenters. The number of hydrogen-bond donors (Lipinski definition) is 2. The number of carbonyl (C=O) groups is 1. The van der Waals surface area contributed by atoms with Crippen LogP contribution in [0, 0.1) is 6.92 Å². The van der Waals surface area contributed by atoms with Crippen molar-refractivity contribution >= 4 is 17.5 Å². The number of nitrogens with one attached hydrogen (secondary N) is 1. The molecule has 5 heteroatoms. The summed E-state index contributed by atoms with van der Waals surface area (Å²) in [5.74, 6) is 0.0494. The third-order valence-electron chi connectivity index (χ3n) is 2.01. The maximum atomic E-state index is 11.7. The molecule has 1 aromatic heterocycles. The molecule has 0 bridgehead atoms. The summed E-state index contributed by atoms with van der Waals surface area (Å²) in [6, 6.07) is 8.35. The van der Waals surface area contributed by atoms with Crippen LogP contribution in [-0.2, 0) is 0 Å². The summed E-state index contributed by atoms with van der Waals surface area (Å²) in [5.41, 5.74) is 7.31. The van der Waals surface area contributed by atoms with Crippen LogP contribution in [0.3, 0.4) is 0 Å². The van der Waals surface area contributed by atoms with Gasteiger partial charge in [-0.2, -0.15) is 0 Å². The van der Waals surface area contributed by atoms with Gasteiger partial charge in [-0.1, -0.05) is 11.2 Å². The molecule has 0 saturated heterocycles. The van der Waals surface area contributed by atoms with Crippen molar-refractivity contribution in [1.29, 1.82) is 0 Å². The van der Waals surface area contributed by atoms with Gasteiger partial charge in [-0.05, 0) is 25.1 Å². The number of amides is 1. The Hall–Kier alpha value is -2.30. The largest absolute Gasteiger partial charge is 0.399 e. The number of nitrogen functional groups attached to an aromatic ring is 1. The predicted octanol–water partition coefficient (Wildman–Crippen LogP) is 1.82. The second-order valence-corrected chi connectivity index (χ2v) is 3.41. The lowest BCUT2D eigenvalue weighted by atomic mass is 10.2. The maximum Gasteiger partial charge on any atom is 0.258 e. The Balaban J connectivity index is 2.14. The van der Waals surface area contributed by atoms with Crippen molar-refractivity contribution in [3.8, 4) is 0 Å². The molecule has 3 N–H and O–H groups in total. The van der Waals surface area contributed by atoms with E-state index >= 15 is 0 Å². The van der Waals surface area contributed by atoms with E-state index < -0.39 is 0 Å². The molecule has 5 nitrogen and oxygen atoms in total. The van der Waals surface area contributed by atoms with Crippen molar-refractivity contribution in [1.82, 2.24) is 5.16 Å². The van der Waals surface area contributed by atoms with Crippen LogP contribution >= 0.6 is 0 Å². The highest BCUT2D eigenvalue weighted by atomic mass is 16.5. The number of benzene rings is 1. The molecule has 0 aliphatic rings. The van der Waals surface area contributed by atoms with Crippen LogP contribution in [0.1, 0.15) is 16.1 Å². The topological polar surface area (TPSA) is 81.2 Å². The first-order chi connectivity index (χ1) is 7.65. The van der Waals surface area contributed by atoms with Crippen molar-refractivity contribution in [3.05, 3.63) is 41.6 Å². The molecule has 0 aliphatic carbocycles. The highest BCUT2D eigenvalue weighted by Gasteiger charge is 2.08. The SMILES string of the molecule is Cc1cc(NC(=O)c2cccc(N)c2)on1. The summed E-state index contributed by atoms with van der Waals surface area (Å²) in [7, 11) is 0. The van der Waals surface area contributed by atoms with Gasteiger partial charge in [-0.3, -0.25) is 10.1 Å². The summed E-state index contributed by atoms with van der Waals surface area (Å²) in [5, 5.41) is 6.25. The van der Waals surface area contributed by atoms with E-state index in [4.69, 9.17) is 10.3 Å². The third-order valence-corrected chi connectivity index (χ3v) is 2.01. The number of rotatable bonds is 2. The van der Waals surface area contributed by atoms with Crippen molar-refractivity contribution in [2.75, 3.05) is 11.1 Å². The number of carbonyl (C=O) groups excluding carboxylic acids is 1. The van der Waals surface area contributed by atoms with Gasteiger partial charge in [0, 0.05) is 17.3 Å². The molecule has 1 amide bonds. The Labute approximate surface area is 92.2 Å². The first-order valence-corrected chi connectivity index (χ1v) is 4.75. The molecule has 2 rings (SSSR count). The highest BCUT2D eigenvalue weighted by Crippen LogP contribution is 2.12. The van der Waals surface area contributed by atoms with Crippen LogP contribution in [0.15, 0.2) is 34.9 Å². The second-order valence-electron chi connectivity index (χ2n) is 3.41. The summed E-state index contributed by atoms with van der Waals surface area (Å²) in [4.78, 5) is 11.7. The van der Waals surface area contributed by atoms with Gasteiger partial charge in [0.05, 0.1) is 5.69 Å². The Kier molecular flexibility index (Phi) is 2.59. The Morgan fingerprint density at radius 2 is 2.25 bits per heavy atom. The van der Waals surface area contributed by atoms with Gasteiger partial charge >= 0.3 is 0 Å². The fourth-order valence-corrected chi connectivity index (χ4v) is 1.29. The van der Waals surface area contributed by atoms with Gasteiger partial charge in [0.25, 0.3) is 5.91 Å². The van der Waals surface area contributed by atoms with Crippen LogP contribution < -0.4 is 11.1 Å². The first kappa shape index (κ1) is 10.2. The van der Waals surface area contributed by atoms with Crippen LogP contribution in [0.2, 0.25) is 0 Å². The van der Waals surface area contributed by atoms with E-state index in [1.54, 1.807) is 37.3 Å². The summed E-state index contributed by atoms with van der Waals surface area (Å²) in [6.45, 7) is 1.78. The van der Waals surface area contributed by atoms with Crippen molar-refractivity contribution in [2.24, 2.45) is 0 Å². The Morgan fingerprint density at radius 1 is 1.44 bits per heavy atom. The van der Waals surface area contributed by atoms with E-state index in [1.807, 2.05) is 0 Å². The monoisotopic (exact) mass is 217 g/mol. The Morgan fingerprint density at radius 3 is 2.88 bits per heavy atom. The summed E-state index contributed by atoms with van der Waals surface area (Å²) < 4.78 is 4.87. The molecule has 0 spiro atoms. The van der Waals surface area contributed by atoms with E-state index in [-0.39, 0.29) is 5.91 Å². The normalized spacial score (nSPS) is 10.1. The number of aryl methyl sites for hydroxylation is 1. The lowest BCUT2D eigenvalue weighted by Gasteiger charge is -2.01. The molecule has 82 valence electrons. The predicted molar refractivity (Wildman–Crippen MR) is 60.0 cm³/mol. The molecule has 1 aromatic carbocycles. The zero-order valence-corrected chi connectivity index (χ0v) is 8.73. The molecular formula is C11H11N3O2. The number of aromatic nitrogens is 1. The molecular weight excluding hydrogens is 206 g/mol. The molecule has 0 aliphatic heterocycles. The van der Waals surface area contributed by atoms with E-state index in [2.05, 4.69) is 10.5 Å². The minimum Gasteiger partial charge on any atom is -0.399 e. The highest BCUT2D eigenvalue weighted by molar-refractivity contribution is 6.04. The van der Waals surface area contributed by atoms with Gasteiger partial charge in [-0.15, -0.1) is 0 Å². The van der Waals surface area contributed by atoms with Crippen molar-refractivity contribution in [3.63, 3.8) is 0 Å². The van der Waals surface area contributed by atoms with Crippen molar-refractivity contribution in [2.45, 2.75) is 6.92 Å². The lowest BCUT2D eigenvalue weighted by molar-refractivity contribution is 0.102. The summed E-state index contributed by atoms with van der Waals surface area (Å²) >= 11 is 0. The third kappa shape index (κ3) is 2.20. The fourth-order valence-electron chi connectivity index (χ4n) is 1.29. The minimum atomic E-state index is -0.275. The zero-order chi connectivity index (χ0) is 11.5. The van der Waals surface area contributed by atoms with E-state index in [0.717, 1.165) is 0 Å². The maximum absolute atomic E-state index is 11.7. The summed E-state index contributed by atoms with van der Waals surface area (Å²) in [6.07, 6.45) is 0. The van der Waals surface area contributed by atoms with Crippen molar-refractivity contribution < 1.29 is 9.32 Å². The zero-order valence-electron chi connectivity index (χ0n) is 8.73. The molecule has 0 fully saturated rings. The molecule has 0 saturated carbocycles.